The number of benzene rings is 2. The van der Waals surface area contributed by atoms with E-state index in [2.05, 4.69) is 24.4 Å². The topological polar surface area (TPSA) is 79.0 Å². The minimum atomic E-state index is -0.497. The molecule has 0 heterocycles. The van der Waals surface area contributed by atoms with Gasteiger partial charge in [0.25, 0.3) is 5.69 Å². The molecule has 0 amide bonds. The SMILES string of the molecule is CC[C@H](CNc1ccc([N+](=O)[O-])cc1C#N)c1ccccc1. The van der Waals surface area contributed by atoms with Gasteiger partial charge in [0.15, 0.2) is 0 Å². The monoisotopic (exact) mass is 295 g/mol. The van der Waals surface area contributed by atoms with Crippen molar-refractivity contribution in [2.24, 2.45) is 0 Å². The van der Waals surface area contributed by atoms with Crippen LogP contribution in [0.2, 0.25) is 0 Å². The Bertz CT molecular complexity index is 693. The molecular weight excluding hydrogens is 278 g/mol. The van der Waals surface area contributed by atoms with Crippen LogP contribution in [0.5, 0.6) is 0 Å². The van der Waals surface area contributed by atoms with Gasteiger partial charge < -0.3 is 5.32 Å². The lowest BCUT2D eigenvalue weighted by Crippen LogP contribution is -2.12. The molecule has 0 spiro atoms. The molecule has 5 nitrogen and oxygen atoms in total. The van der Waals surface area contributed by atoms with Crippen molar-refractivity contribution in [3.05, 3.63) is 69.8 Å². The van der Waals surface area contributed by atoms with E-state index in [4.69, 9.17) is 5.26 Å². The van der Waals surface area contributed by atoms with Gasteiger partial charge in [0, 0.05) is 24.6 Å². The van der Waals surface area contributed by atoms with E-state index < -0.39 is 4.92 Å². The van der Waals surface area contributed by atoms with E-state index in [1.165, 1.54) is 17.7 Å². The first kappa shape index (κ1) is 15.5. The van der Waals surface area contributed by atoms with Crippen LogP contribution in [0.4, 0.5) is 11.4 Å². The van der Waals surface area contributed by atoms with Crippen molar-refractivity contribution in [2.45, 2.75) is 19.3 Å². The van der Waals surface area contributed by atoms with E-state index in [1.54, 1.807) is 6.07 Å². The highest BCUT2D eigenvalue weighted by Gasteiger charge is 2.13. The van der Waals surface area contributed by atoms with Crippen LogP contribution < -0.4 is 5.32 Å². The van der Waals surface area contributed by atoms with Crippen LogP contribution in [0.25, 0.3) is 0 Å². The average molecular weight is 295 g/mol. The number of nitrogens with zero attached hydrogens (tertiary/aromatic N) is 2. The average Bonchev–Trinajstić information content (AvgIpc) is 2.56. The third-order valence-corrected chi connectivity index (χ3v) is 3.64. The van der Waals surface area contributed by atoms with E-state index >= 15 is 0 Å². The Morgan fingerprint density at radius 1 is 1.27 bits per heavy atom. The smallest absolute Gasteiger partial charge is 0.270 e. The molecule has 0 radical (unpaired) electrons. The first-order valence-electron chi connectivity index (χ1n) is 7.13. The molecule has 1 atom stereocenters. The van der Waals surface area contributed by atoms with Crippen LogP contribution in [0.3, 0.4) is 0 Å². The van der Waals surface area contributed by atoms with Crippen molar-refractivity contribution in [1.82, 2.24) is 0 Å². The lowest BCUT2D eigenvalue weighted by atomic mass is 9.96. The fourth-order valence-corrected chi connectivity index (χ4v) is 2.35. The molecule has 2 rings (SSSR count). The molecule has 0 unspecified atom stereocenters. The number of non-ortho nitro benzene ring substituents is 1. The molecule has 0 fully saturated rings. The third-order valence-electron chi connectivity index (χ3n) is 3.64. The highest BCUT2D eigenvalue weighted by Crippen LogP contribution is 2.24. The summed E-state index contributed by atoms with van der Waals surface area (Å²) in [7, 11) is 0. The maximum atomic E-state index is 10.8. The number of nitriles is 1. The molecule has 2 aromatic rings. The van der Waals surface area contributed by atoms with Gasteiger partial charge >= 0.3 is 0 Å². The molecule has 1 N–H and O–H groups in total. The van der Waals surface area contributed by atoms with Gasteiger partial charge in [-0.1, -0.05) is 37.3 Å². The maximum Gasteiger partial charge on any atom is 0.270 e. The van der Waals surface area contributed by atoms with Crippen LogP contribution in [0, 0.1) is 21.4 Å². The Labute approximate surface area is 129 Å². The van der Waals surface area contributed by atoms with Crippen molar-refractivity contribution < 1.29 is 4.92 Å². The minimum Gasteiger partial charge on any atom is -0.383 e. The van der Waals surface area contributed by atoms with Gasteiger partial charge in [-0.25, -0.2) is 0 Å². The highest BCUT2D eigenvalue weighted by molar-refractivity contribution is 5.61. The Morgan fingerprint density at radius 3 is 2.59 bits per heavy atom. The summed E-state index contributed by atoms with van der Waals surface area (Å²) in [5, 5.41) is 23.1. The molecule has 0 saturated heterocycles. The van der Waals surface area contributed by atoms with Gasteiger partial charge in [-0.3, -0.25) is 10.1 Å². The normalized spacial score (nSPS) is 11.5. The fourth-order valence-electron chi connectivity index (χ4n) is 2.35. The van der Waals surface area contributed by atoms with Crippen molar-refractivity contribution in [1.29, 1.82) is 5.26 Å². The summed E-state index contributed by atoms with van der Waals surface area (Å²) in [6.07, 6.45) is 0.964. The van der Waals surface area contributed by atoms with Crippen LogP contribution in [0.15, 0.2) is 48.5 Å². The summed E-state index contributed by atoms with van der Waals surface area (Å²) >= 11 is 0. The van der Waals surface area contributed by atoms with Crippen molar-refractivity contribution in [3.63, 3.8) is 0 Å². The number of nitrogens with one attached hydrogen (secondary N) is 1. The molecule has 22 heavy (non-hydrogen) atoms. The van der Waals surface area contributed by atoms with E-state index in [0.29, 0.717) is 18.2 Å². The van der Waals surface area contributed by atoms with Gasteiger partial charge in [-0.2, -0.15) is 5.26 Å². The van der Waals surface area contributed by atoms with Crippen LogP contribution in [0.1, 0.15) is 30.4 Å². The number of nitro benzene ring substituents is 1. The Morgan fingerprint density at radius 2 is 2.00 bits per heavy atom. The molecule has 0 aromatic heterocycles. The van der Waals surface area contributed by atoms with Crippen LogP contribution in [-0.4, -0.2) is 11.5 Å². The number of hydrogen-bond acceptors (Lipinski definition) is 4. The summed E-state index contributed by atoms with van der Waals surface area (Å²) in [5.41, 5.74) is 2.08. The summed E-state index contributed by atoms with van der Waals surface area (Å²) in [6.45, 7) is 2.79. The van der Waals surface area contributed by atoms with Gasteiger partial charge in [0.05, 0.1) is 16.2 Å². The van der Waals surface area contributed by atoms with Crippen molar-refractivity contribution in [3.8, 4) is 6.07 Å². The first-order chi connectivity index (χ1) is 10.7. The van der Waals surface area contributed by atoms with E-state index in [9.17, 15) is 10.1 Å². The van der Waals surface area contributed by atoms with Crippen molar-refractivity contribution in [2.75, 3.05) is 11.9 Å². The summed E-state index contributed by atoms with van der Waals surface area (Å²) in [4.78, 5) is 10.3. The Kier molecular flexibility index (Phi) is 5.10. The largest absolute Gasteiger partial charge is 0.383 e. The Balaban J connectivity index is 2.14. The minimum absolute atomic E-state index is 0.0720. The Hall–Kier alpha value is -2.87. The number of hydrogen-bond donors (Lipinski definition) is 1. The molecule has 0 saturated carbocycles. The lowest BCUT2D eigenvalue weighted by molar-refractivity contribution is -0.384. The van der Waals surface area contributed by atoms with Gasteiger partial charge in [-0.05, 0) is 18.1 Å². The number of nitro groups is 1. The molecule has 2 aromatic carbocycles. The van der Waals surface area contributed by atoms with Gasteiger partial charge in [0.2, 0.25) is 0 Å². The summed E-state index contributed by atoms with van der Waals surface area (Å²) in [5.74, 6) is 0.322. The standard InChI is InChI=1S/C17H17N3O2/c1-2-13(14-6-4-3-5-7-14)12-19-17-9-8-16(20(21)22)10-15(17)11-18/h3-10,13,19H,2,12H2,1H3/t13-/m1/s1. The lowest BCUT2D eigenvalue weighted by Gasteiger charge is -2.17. The molecule has 0 aliphatic heterocycles. The molecule has 5 heteroatoms. The van der Waals surface area contributed by atoms with E-state index in [1.807, 2.05) is 24.3 Å². The van der Waals surface area contributed by atoms with Crippen LogP contribution >= 0.6 is 0 Å². The molecular formula is C17H17N3O2. The van der Waals surface area contributed by atoms with Gasteiger partial charge in [0.1, 0.15) is 6.07 Å². The maximum absolute atomic E-state index is 10.8. The van der Waals surface area contributed by atoms with Crippen LogP contribution in [-0.2, 0) is 0 Å². The summed E-state index contributed by atoms with van der Waals surface area (Å²) in [6, 6.07) is 16.5. The predicted octanol–water partition coefficient (Wildman–Crippen LogP) is 4.07. The van der Waals surface area contributed by atoms with E-state index in [0.717, 1.165) is 6.42 Å². The van der Waals surface area contributed by atoms with Crippen molar-refractivity contribution >= 4 is 11.4 Å². The molecule has 112 valence electrons. The second-order valence-corrected chi connectivity index (χ2v) is 5.00. The first-order valence-corrected chi connectivity index (χ1v) is 7.13. The number of anilines is 1. The number of rotatable bonds is 6. The highest BCUT2D eigenvalue weighted by atomic mass is 16.6. The fraction of sp³-hybridized carbons (Fsp3) is 0.235. The zero-order valence-electron chi connectivity index (χ0n) is 12.3. The zero-order chi connectivity index (χ0) is 15.9. The zero-order valence-corrected chi connectivity index (χ0v) is 12.3. The quantitative estimate of drug-likeness (QED) is 0.643. The van der Waals surface area contributed by atoms with Gasteiger partial charge in [-0.15, -0.1) is 0 Å². The second-order valence-electron chi connectivity index (χ2n) is 5.00. The third kappa shape index (κ3) is 3.61. The predicted molar refractivity (Wildman–Crippen MR) is 85.8 cm³/mol. The summed E-state index contributed by atoms with van der Waals surface area (Å²) < 4.78 is 0. The van der Waals surface area contributed by atoms with E-state index in [-0.39, 0.29) is 11.3 Å². The second kappa shape index (κ2) is 7.23. The molecule has 0 aliphatic rings. The molecule has 0 bridgehead atoms. The molecule has 0 aliphatic carbocycles.